The van der Waals surface area contributed by atoms with Gasteiger partial charge in [-0.2, -0.15) is 0 Å². The topological polar surface area (TPSA) is 75.7 Å². The van der Waals surface area contributed by atoms with Gasteiger partial charge in [0.25, 0.3) is 5.91 Å². The van der Waals surface area contributed by atoms with E-state index in [4.69, 9.17) is 16.3 Å². The monoisotopic (exact) mass is 374 g/mol. The van der Waals surface area contributed by atoms with Gasteiger partial charge >= 0.3 is 0 Å². The Bertz CT molecular complexity index is 680. The van der Waals surface area contributed by atoms with Crippen molar-refractivity contribution in [3.05, 3.63) is 29.3 Å². The number of likely N-dealkylation sites (tertiary alicyclic amines) is 1. The highest BCUT2D eigenvalue weighted by molar-refractivity contribution is 7.88. The van der Waals surface area contributed by atoms with E-state index in [0.29, 0.717) is 17.3 Å². The predicted octanol–water partition coefficient (Wildman–Crippen LogP) is 2.04. The standard InChI is InChI=1S/C16H23ClN2O4S/c1-12(23-15-8-5-6-13(17)10-15)16(20)19-9-4-3-7-14(19)11-18-24(2,21)22/h5-6,8,10,12,14,18H,3-4,7,9,11H2,1-2H3/t12-,14+/m1/s1. The van der Waals surface area contributed by atoms with E-state index in [-0.39, 0.29) is 18.5 Å². The zero-order valence-electron chi connectivity index (χ0n) is 13.9. The van der Waals surface area contributed by atoms with Crippen molar-refractivity contribution in [3.8, 4) is 5.75 Å². The highest BCUT2D eigenvalue weighted by Crippen LogP contribution is 2.21. The number of hydrogen-bond acceptors (Lipinski definition) is 4. The number of benzene rings is 1. The summed E-state index contributed by atoms with van der Waals surface area (Å²) in [6.07, 6.45) is 3.11. The number of carbonyl (C=O) groups excluding carboxylic acids is 1. The predicted molar refractivity (Wildman–Crippen MR) is 93.7 cm³/mol. The molecular formula is C16H23ClN2O4S. The van der Waals surface area contributed by atoms with Gasteiger partial charge in [-0.15, -0.1) is 0 Å². The Morgan fingerprint density at radius 2 is 2.21 bits per heavy atom. The SMILES string of the molecule is C[C@@H](Oc1cccc(Cl)c1)C(=O)N1CCCC[C@H]1CNS(C)(=O)=O. The van der Waals surface area contributed by atoms with E-state index in [1.165, 1.54) is 0 Å². The van der Waals surface area contributed by atoms with E-state index < -0.39 is 16.1 Å². The van der Waals surface area contributed by atoms with Crippen LogP contribution in [0.2, 0.25) is 5.02 Å². The number of ether oxygens (including phenoxy) is 1. The van der Waals surface area contributed by atoms with Crippen LogP contribution < -0.4 is 9.46 Å². The summed E-state index contributed by atoms with van der Waals surface area (Å²) in [6.45, 7) is 2.53. The second kappa shape index (κ2) is 8.18. The Morgan fingerprint density at radius 1 is 1.46 bits per heavy atom. The van der Waals surface area contributed by atoms with Crippen molar-refractivity contribution in [1.29, 1.82) is 0 Å². The normalized spacial score (nSPS) is 19.8. The molecule has 1 aromatic rings. The molecule has 8 heteroatoms. The maximum Gasteiger partial charge on any atom is 0.263 e. The van der Waals surface area contributed by atoms with Crippen LogP contribution in [0.15, 0.2) is 24.3 Å². The van der Waals surface area contributed by atoms with Gasteiger partial charge in [0.05, 0.1) is 6.26 Å². The lowest BCUT2D eigenvalue weighted by atomic mass is 10.0. The highest BCUT2D eigenvalue weighted by atomic mass is 35.5. The molecule has 1 aromatic carbocycles. The largest absolute Gasteiger partial charge is 0.481 e. The molecule has 24 heavy (non-hydrogen) atoms. The third-order valence-corrected chi connectivity index (χ3v) is 4.87. The average molecular weight is 375 g/mol. The second-order valence-corrected chi connectivity index (χ2v) is 8.29. The van der Waals surface area contributed by atoms with Crippen molar-refractivity contribution in [1.82, 2.24) is 9.62 Å². The number of sulfonamides is 1. The molecule has 2 atom stereocenters. The van der Waals surface area contributed by atoms with Gasteiger partial charge in [0.2, 0.25) is 10.0 Å². The molecule has 1 aliphatic heterocycles. The summed E-state index contributed by atoms with van der Waals surface area (Å²) in [5.74, 6) is 0.390. The third-order valence-electron chi connectivity index (χ3n) is 3.95. The van der Waals surface area contributed by atoms with Crippen molar-refractivity contribution in [3.63, 3.8) is 0 Å². The molecule has 1 fully saturated rings. The Labute approximate surface area is 148 Å². The molecule has 0 aliphatic carbocycles. The molecule has 1 aliphatic rings. The molecular weight excluding hydrogens is 352 g/mol. The Balaban J connectivity index is 2.01. The first-order valence-corrected chi connectivity index (χ1v) is 10.2. The van der Waals surface area contributed by atoms with Gasteiger partial charge in [0.1, 0.15) is 5.75 Å². The minimum absolute atomic E-state index is 0.144. The van der Waals surface area contributed by atoms with Crippen LogP contribution in [0.25, 0.3) is 0 Å². The molecule has 0 aromatic heterocycles. The van der Waals surface area contributed by atoms with E-state index >= 15 is 0 Å². The first kappa shape index (κ1) is 19.0. The summed E-state index contributed by atoms with van der Waals surface area (Å²) in [7, 11) is -3.28. The maximum absolute atomic E-state index is 12.7. The molecule has 134 valence electrons. The van der Waals surface area contributed by atoms with Crippen LogP contribution in [0.1, 0.15) is 26.2 Å². The van der Waals surface area contributed by atoms with Crippen LogP contribution >= 0.6 is 11.6 Å². The van der Waals surface area contributed by atoms with E-state index in [9.17, 15) is 13.2 Å². The van der Waals surface area contributed by atoms with Crippen molar-refractivity contribution < 1.29 is 17.9 Å². The molecule has 0 unspecified atom stereocenters. The van der Waals surface area contributed by atoms with Gasteiger partial charge in [0, 0.05) is 24.2 Å². The number of nitrogens with one attached hydrogen (secondary N) is 1. The number of nitrogens with zero attached hydrogens (tertiary/aromatic N) is 1. The summed E-state index contributed by atoms with van der Waals surface area (Å²) < 4.78 is 30.8. The van der Waals surface area contributed by atoms with Crippen molar-refractivity contribution in [2.45, 2.75) is 38.3 Å². The van der Waals surface area contributed by atoms with Gasteiger partial charge < -0.3 is 9.64 Å². The molecule has 0 saturated carbocycles. The summed E-state index contributed by atoms with van der Waals surface area (Å²) in [4.78, 5) is 14.4. The molecule has 0 radical (unpaired) electrons. The zero-order chi connectivity index (χ0) is 17.7. The zero-order valence-corrected chi connectivity index (χ0v) is 15.4. The molecule has 1 saturated heterocycles. The van der Waals surface area contributed by atoms with Gasteiger partial charge in [-0.25, -0.2) is 13.1 Å². The van der Waals surface area contributed by atoms with Crippen molar-refractivity contribution >= 4 is 27.5 Å². The lowest BCUT2D eigenvalue weighted by Crippen LogP contribution is -2.52. The van der Waals surface area contributed by atoms with Gasteiger partial charge in [-0.1, -0.05) is 17.7 Å². The van der Waals surface area contributed by atoms with E-state index in [1.807, 2.05) is 0 Å². The molecule has 0 spiro atoms. The second-order valence-electron chi connectivity index (χ2n) is 6.02. The minimum Gasteiger partial charge on any atom is -0.481 e. The smallest absolute Gasteiger partial charge is 0.263 e. The number of carbonyl (C=O) groups is 1. The maximum atomic E-state index is 12.7. The summed E-state index contributed by atoms with van der Waals surface area (Å²) >= 11 is 5.92. The fourth-order valence-electron chi connectivity index (χ4n) is 2.78. The quantitative estimate of drug-likeness (QED) is 0.826. The van der Waals surface area contributed by atoms with Gasteiger partial charge in [-0.3, -0.25) is 4.79 Å². The van der Waals surface area contributed by atoms with E-state index in [2.05, 4.69) is 4.72 Å². The van der Waals surface area contributed by atoms with Crippen molar-refractivity contribution in [2.75, 3.05) is 19.3 Å². The van der Waals surface area contributed by atoms with E-state index in [1.54, 1.807) is 36.1 Å². The third kappa shape index (κ3) is 5.65. The summed E-state index contributed by atoms with van der Waals surface area (Å²) in [5.41, 5.74) is 0. The molecule has 1 N–H and O–H groups in total. The number of rotatable bonds is 6. The number of piperidine rings is 1. The summed E-state index contributed by atoms with van der Waals surface area (Å²) in [5, 5.41) is 0.542. The average Bonchev–Trinajstić information content (AvgIpc) is 2.52. The Hall–Kier alpha value is -1.31. The van der Waals surface area contributed by atoms with Crippen LogP contribution in [-0.2, 0) is 14.8 Å². The Kier molecular flexibility index (Phi) is 6.48. The van der Waals surface area contributed by atoms with Crippen LogP contribution in [0.4, 0.5) is 0 Å². The summed E-state index contributed by atoms with van der Waals surface area (Å²) in [6, 6.07) is 6.75. The fraction of sp³-hybridized carbons (Fsp3) is 0.562. The molecule has 6 nitrogen and oxygen atoms in total. The van der Waals surface area contributed by atoms with E-state index in [0.717, 1.165) is 25.5 Å². The van der Waals surface area contributed by atoms with Crippen LogP contribution in [0.3, 0.4) is 0 Å². The van der Waals surface area contributed by atoms with Crippen molar-refractivity contribution in [2.24, 2.45) is 0 Å². The van der Waals surface area contributed by atoms with Gasteiger partial charge in [-0.05, 0) is 44.4 Å². The molecule has 1 amide bonds. The van der Waals surface area contributed by atoms with Crippen LogP contribution in [-0.4, -0.2) is 50.7 Å². The number of hydrogen-bond donors (Lipinski definition) is 1. The first-order valence-electron chi connectivity index (χ1n) is 7.93. The minimum atomic E-state index is -3.28. The molecule has 1 heterocycles. The lowest BCUT2D eigenvalue weighted by Gasteiger charge is -2.37. The number of halogens is 1. The number of amides is 1. The molecule has 2 rings (SSSR count). The van der Waals surface area contributed by atoms with Crippen LogP contribution in [0.5, 0.6) is 5.75 Å². The first-order chi connectivity index (χ1) is 11.3. The molecule has 0 bridgehead atoms. The Morgan fingerprint density at radius 3 is 2.88 bits per heavy atom. The highest BCUT2D eigenvalue weighted by Gasteiger charge is 2.31. The fourth-order valence-corrected chi connectivity index (χ4v) is 3.45. The van der Waals surface area contributed by atoms with Gasteiger partial charge in [0.15, 0.2) is 6.10 Å². The lowest BCUT2D eigenvalue weighted by molar-refractivity contribution is -0.141. The van der Waals surface area contributed by atoms with Crippen LogP contribution in [0, 0.1) is 0 Å².